The number of hydrogen-bond acceptors (Lipinski definition) is 12. The summed E-state index contributed by atoms with van der Waals surface area (Å²) >= 11 is 3.27. The number of carboxylic acids is 1. The second-order valence-electron chi connectivity index (χ2n) is 28.3. The molecule has 5 fully saturated rings. The number of aryl methyl sites for hydroxylation is 3. The summed E-state index contributed by atoms with van der Waals surface area (Å²) in [6.07, 6.45) is 32.5. The predicted octanol–water partition coefficient (Wildman–Crippen LogP) is 11.2. The second-order valence-corrected chi connectivity index (χ2v) is 29.2. The molecule has 4 aromatic heterocycles. The van der Waals surface area contributed by atoms with Gasteiger partial charge in [0.2, 0.25) is 0 Å². The van der Waals surface area contributed by atoms with Crippen molar-refractivity contribution in [2.24, 2.45) is 5.73 Å². The Balaban J connectivity index is 0.000000449. The third-order valence-corrected chi connectivity index (χ3v) is 20.8. The molecule has 0 aliphatic heterocycles. The normalized spacial score (nSPS) is 15.8. The van der Waals surface area contributed by atoms with Crippen molar-refractivity contribution in [3.05, 3.63) is 265 Å². The number of Topliss-reactive ketones (excluding diaryl/α,β-unsaturated/α-hetero) is 1. The van der Waals surface area contributed by atoms with Crippen LogP contribution in [0.15, 0.2) is 175 Å². The summed E-state index contributed by atoms with van der Waals surface area (Å²) < 4.78 is 1.01. The van der Waals surface area contributed by atoms with Crippen molar-refractivity contribution in [1.82, 2.24) is 25.3 Å². The first-order valence-corrected chi connectivity index (χ1v) is 38.6. The number of carbonyl (C=O) groups excluding carboxylic acids is 2. The molecule has 21 heteroatoms. The van der Waals surface area contributed by atoms with Gasteiger partial charge in [-0.1, -0.05) is 228 Å². The zero-order valence-corrected chi connectivity index (χ0v) is 69.6. The molecule has 9 aromatic rings. The van der Waals surface area contributed by atoms with E-state index in [1.807, 2.05) is 118 Å². The van der Waals surface area contributed by atoms with Gasteiger partial charge in [-0.15, -0.1) is 0 Å². The minimum atomic E-state index is -0.958. The summed E-state index contributed by atoms with van der Waals surface area (Å²) in [5.74, 6) is -0.641. The van der Waals surface area contributed by atoms with Crippen molar-refractivity contribution in [2.75, 3.05) is 0 Å². The molecular formula is C89H109BrCl2LiMgN8O8-. The van der Waals surface area contributed by atoms with E-state index in [2.05, 4.69) is 82.1 Å². The predicted molar refractivity (Wildman–Crippen MR) is 435 cm³/mol. The van der Waals surface area contributed by atoms with Crippen molar-refractivity contribution in [3.8, 4) is 0 Å². The number of carboxylic acid groups (broad SMARTS) is 1. The average molecular weight is 1600 g/mol. The topological polar surface area (TPSA) is 251 Å². The van der Waals surface area contributed by atoms with Gasteiger partial charge < -0.3 is 69.2 Å². The summed E-state index contributed by atoms with van der Waals surface area (Å²) in [5.41, 5.74) is 15.2. The summed E-state index contributed by atoms with van der Waals surface area (Å²) in [5, 5.41) is 55.7. The third kappa shape index (κ3) is 30.5. The molecule has 16 nitrogen and oxygen atoms in total. The van der Waals surface area contributed by atoms with Crippen LogP contribution in [0.5, 0.6) is 0 Å². The van der Waals surface area contributed by atoms with Crippen LogP contribution < -0.4 is 54.7 Å². The zero-order valence-electron chi connectivity index (χ0n) is 66.1. The molecule has 1 amide bonds. The van der Waals surface area contributed by atoms with Gasteiger partial charge in [0, 0.05) is 53.6 Å². The molecule has 5 saturated carbocycles. The van der Waals surface area contributed by atoms with E-state index in [9.17, 15) is 34.8 Å². The Kier molecular flexibility index (Phi) is 44.4. The van der Waals surface area contributed by atoms with Crippen LogP contribution in [-0.2, 0) is 46.7 Å². The van der Waals surface area contributed by atoms with Crippen LogP contribution in [0.3, 0.4) is 0 Å². The first kappa shape index (κ1) is 97.2. The molecule has 5 aliphatic rings. The Bertz CT molecular complexity index is 4230. The number of aromatic carboxylic acids is 1. The Hall–Kier alpha value is -6.97. The van der Waals surface area contributed by atoms with E-state index >= 15 is 0 Å². The van der Waals surface area contributed by atoms with Gasteiger partial charge >= 0.3 is 47.9 Å². The van der Waals surface area contributed by atoms with Crippen molar-refractivity contribution in [1.29, 1.82) is 0 Å². The molecule has 5 aromatic carbocycles. The van der Waals surface area contributed by atoms with Crippen LogP contribution >= 0.6 is 15.9 Å². The summed E-state index contributed by atoms with van der Waals surface area (Å²) in [4.78, 5) is 57.3. The maximum Gasteiger partial charge on any atom is 2.00 e. The summed E-state index contributed by atoms with van der Waals surface area (Å²) in [6.45, 7) is 24.1. The van der Waals surface area contributed by atoms with E-state index in [1.165, 1.54) is 37.7 Å². The molecule has 0 atom stereocenters. The van der Waals surface area contributed by atoms with Crippen molar-refractivity contribution in [2.45, 2.75) is 237 Å². The maximum absolute atomic E-state index is 12.6. The molecular weight excluding hydrogens is 1490 g/mol. The number of benzene rings is 5. The van der Waals surface area contributed by atoms with Crippen molar-refractivity contribution >= 4 is 90.1 Å². The Morgan fingerprint density at radius 2 is 0.836 bits per heavy atom. The van der Waals surface area contributed by atoms with Crippen LogP contribution in [0.2, 0.25) is 0 Å². The quantitative estimate of drug-likeness (QED) is 0.0498. The molecule has 8 N–H and O–H groups in total. The minimum Gasteiger partial charge on any atom is -1.00 e. The summed E-state index contributed by atoms with van der Waals surface area (Å²) in [6, 6.07) is 49.8. The number of rotatable bonds is 10. The largest absolute Gasteiger partial charge is 2.00 e. The maximum atomic E-state index is 12.6. The van der Waals surface area contributed by atoms with Gasteiger partial charge in [0.15, 0.2) is 22.7 Å². The fraction of sp³-hybridized carbons (Fsp3) is 0.416. The zero-order chi connectivity index (χ0) is 76.4. The third-order valence-electron chi connectivity index (χ3n) is 20.2. The fourth-order valence-corrected chi connectivity index (χ4v) is 14.1. The fourth-order valence-electron chi connectivity index (χ4n) is 13.9. The molecule has 110 heavy (non-hydrogen) atoms. The van der Waals surface area contributed by atoms with Gasteiger partial charge in [0.05, 0.1) is 58.1 Å². The molecule has 0 bridgehead atoms. The molecule has 578 valence electrons. The molecule has 0 unspecified atom stereocenters. The van der Waals surface area contributed by atoms with E-state index in [-0.39, 0.29) is 79.6 Å². The first-order chi connectivity index (χ1) is 51.1. The van der Waals surface area contributed by atoms with Crippen LogP contribution in [0, 0.1) is 33.4 Å². The standard InChI is InChI=1S/C23H25N3O2.C14H20O.C13H15NO.C13H19NO.C10H8N2O2.C7H4BrN.C6H10O.C3H7.2ClH.Li.Mg.H/c1-16-20(14-18-6-5-13-24-21(18)26-16)22(27)25-15-17-7-9-19(10-8-17)23(28)11-3-2-4-12-23;1-2-12-6-8-13(9-7-12)14(15)10-4-3-5-11-14;1-14-12-7-5-11(6-8-12)13(15)9-3-2-4-10-13;14-10-11-4-6-12(7-5-11)13(15)8-2-1-3-9-13;1-6-8(10(13)14)5-7-3-2-4-11-9(7)12-6;1-9-7-4-2-6(8)3-5-7;7-6-4-2-1-3-5-6;1-3-2;;;;;/h5-10,13-14,28H,2-4,11-12,15H2,1H3,(H,25,27);6-9,15H,2-5,10-11H2,1H3;5-8,15H,2-4,9-10H2;4-7,15H,1-3,8-10,14H2;2-5H,1H3,(H,13,14);2-5H;1-5H2;3H,1-2H3;2*1H;;;/q;;;;;;;-1;;;+1;+2;-1/p-2. The van der Waals surface area contributed by atoms with Gasteiger partial charge in [-0.2, -0.15) is 13.8 Å². The van der Waals surface area contributed by atoms with Gasteiger partial charge in [-0.05, 0) is 160 Å². The molecule has 0 radical (unpaired) electrons. The first-order valence-electron chi connectivity index (χ1n) is 37.8. The number of aromatic nitrogens is 4. The molecule has 4 heterocycles. The van der Waals surface area contributed by atoms with Gasteiger partial charge in [-0.25, -0.2) is 34.4 Å². The molecule has 5 aliphatic carbocycles. The summed E-state index contributed by atoms with van der Waals surface area (Å²) in [7, 11) is 0. The van der Waals surface area contributed by atoms with Crippen molar-refractivity contribution in [3.63, 3.8) is 0 Å². The minimum absolute atomic E-state index is 0. The Morgan fingerprint density at radius 1 is 0.518 bits per heavy atom. The van der Waals surface area contributed by atoms with Gasteiger partial charge in [0.1, 0.15) is 5.78 Å². The monoisotopic (exact) mass is 1600 g/mol. The smallest absolute Gasteiger partial charge is 1.00 e. The number of nitrogens with two attached hydrogens (primary N) is 1. The van der Waals surface area contributed by atoms with Crippen molar-refractivity contribution < 1.29 is 85.0 Å². The van der Waals surface area contributed by atoms with Crippen LogP contribution in [0.4, 0.5) is 11.4 Å². The molecule has 0 spiro atoms. The van der Waals surface area contributed by atoms with Gasteiger partial charge in [0.25, 0.3) is 5.91 Å². The number of halogens is 3. The van der Waals surface area contributed by atoms with E-state index in [1.54, 1.807) is 61.8 Å². The average Bonchev–Trinajstić information content (AvgIpc) is 0.837. The van der Waals surface area contributed by atoms with E-state index in [0.29, 0.717) is 58.5 Å². The number of nitrogens with one attached hydrogen (secondary N) is 1. The molecule has 14 rings (SSSR count). The number of fused-ring (bicyclic) bond motifs is 2. The van der Waals surface area contributed by atoms with E-state index < -0.39 is 28.4 Å². The number of pyridine rings is 4. The number of carbonyl (C=O) groups is 3. The van der Waals surface area contributed by atoms with Gasteiger partial charge in [-0.3, -0.25) is 9.59 Å². The van der Waals surface area contributed by atoms with Crippen LogP contribution in [0.1, 0.15) is 254 Å². The molecule has 0 saturated heterocycles. The van der Waals surface area contributed by atoms with Crippen LogP contribution in [-0.4, -0.2) is 86.2 Å². The SMILES string of the molecule is CCc1ccc(C2(O)CCCCC2)cc1.C[CH-]C.Cc1nc2ncccc2cc1C(=O)NCc1ccc(C2(O)CCCCC2)cc1.Cc1nc2ncccc2cc1C(=O)O.NCc1ccc(C2(O)CCCCC2)cc1.O=C1CCCCC1.[C-]#[N+]c1ccc(Br)cc1.[C-]#[N+]c1ccc(C2(O)CCCCC2)cc1.[Cl-].[Cl-].[H-].[Li+].[Mg+2]. The number of nitrogens with zero attached hydrogens (tertiary/aromatic N) is 6. The number of hydrogen-bond donors (Lipinski definition) is 7. The number of aliphatic hydroxyl groups is 4. The number of amides is 1. The van der Waals surface area contributed by atoms with E-state index in [4.69, 9.17) is 24.0 Å². The second kappa shape index (κ2) is 50.2. The van der Waals surface area contributed by atoms with E-state index in [0.717, 1.165) is 183 Å². The Morgan fingerprint density at radius 3 is 1.16 bits per heavy atom. The number of ketones is 1. The Labute approximate surface area is 702 Å². The van der Waals surface area contributed by atoms with Crippen LogP contribution in [0.25, 0.3) is 31.8 Å².